The largest absolute Gasteiger partial charge is 0.459 e. The number of para-hydroxylation sites is 1. The molecule has 2 aromatic heterocycles. The number of halogens is 1. The lowest BCUT2D eigenvalue weighted by atomic mass is 9.97. The number of nitrogens with zero attached hydrogens (tertiary/aromatic N) is 1. The van der Waals surface area contributed by atoms with Gasteiger partial charge in [0.25, 0.3) is 5.91 Å². The average molecular weight is 507 g/mol. The number of carbonyl (C=O) groups is 2. The smallest absolute Gasteiger partial charge is 0.341 e. The molecule has 0 spiro atoms. The second kappa shape index (κ2) is 10.2. The molecule has 0 aliphatic rings. The van der Waals surface area contributed by atoms with Gasteiger partial charge in [-0.3, -0.25) is 4.79 Å². The maximum absolute atomic E-state index is 13.8. The Morgan fingerprint density at radius 1 is 1.06 bits per heavy atom. The van der Waals surface area contributed by atoms with Crippen molar-refractivity contribution >= 4 is 50.7 Å². The number of thiophene rings is 1. The number of pyridine rings is 1. The van der Waals surface area contributed by atoms with Gasteiger partial charge in [0.15, 0.2) is 0 Å². The number of hydrogen-bond donors (Lipinski definition) is 1. The van der Waals surface area contributed by atoms with Gasteiger partial charge in [-0.1, -0.05) is 48.9 Å². The van der Waals surface area contributed by atoms with Gasteiger partial charge in [-0.15, -0.1) is 11.3 Å². The van der Waals surface area contributed by atoms with Crippen molar-refractivity contribution in [3.8, 4) is 11.3 Å². The van der Waals surface area contributed by atoms with Crippen LogP contribution >= 0.6 is 22.9 Å². The lowest BCUT2D eigenvalue weighted by Crippen LogP contribution is -2.18. The molecule has 0 saturated heterocycles. The molecule has 5 nitrogen and oxygen atoms in total. The van der Waals surface area contributed by atoms with Crippen LogP contribution in [0.3, 0.4) is 0 Å². The molecule has 35 heavy (non-hydrogen) atoms. The zero-order chi connectivity index (χ0) is 25.3. The first-order valence-corrected chi connectivity index (χ1v) is 12.7. The lowest BCUT2D eigenvalue weighted by Gasteiger charge is -2.15. The number of aromatic nitrogens is 1. The van der Waals surface area contributed by atoms with Gasteiger partial charge in [0.1, 0.15) is 5.00 Å². The third-order valence-corrected chi connectivity index (χ3v) is 7.13. The molecule has 2 aromatic carbocycles. The number of fused-ring (bicyclic) bond motifs is 1. The molecule has 180 valence electrons. The quantitative estimate of drug-likeness (QED) is 0.273. The van der Waals surface area contributed by atoms with E-state index in [-0.39, 0.29) is 12.0 Å². The third-order valence-electron chi connectivity index (χ3n) is 5.82. The minimum Gasteiger partial charge on any atom is -0.459 e. The number of rotatable bonds is 6. The fraction of sp³-hybridized carbons (Fsp3) is 0.250. The molecule has 0 aliphatic heterocycles. The first-order valence-electron chi connectivity index (χ1n) is 11.5. The highest BCUT2D eigenvalue weighted by molar-refractivity contribution is 7.16. The van der Waals surface area contributed by atoms with Gasteiger partial charge in [-0.05, 0) is 63.4 Å². The van der Waals surface area contributed by atoms with Crippen LogP contribution in [-0.4, -0.2) is 23.0 Å². The predicted molar refractivity (Wildman–Crippen MR) is 144 cm³/mol. The van der Waals surface area contributed by atoms with Gasteiger partial charge >= 0.3 is 5.97 Å². The van der Waals surface area contributed by atoms with Crippen molar-refractivity contribution < 1.29 is 14.3 Å². The molecular weight excluding hydrogens is 480 g/mol. The molecule has 2 heterocycles. The van der Waals surface area contributed by atoms with Crippen molar-refractivity contribution in [2.75, 3.05) is 5.32 Å². The van der Waals surface area contributed by atoms with Gasteiger partial charge in [0, 0.05) is 20.8 Å². The minimum atomic E-state index is -0.422. The summed E-state index contributed by atoms with van der Waals surface area (Å²) in [5, 5.41) is 4.91. The number of aryl methyl sites for hydroxylation is 1. The first-order chi connectivity index (χ1) is 16.7. The van der Waals surface area contributed by atoms with E-state index in [1.807, 2.05) is 71.0 Å². The molecular formula is C28H27ClN2O3S. The second-order valence-electron chi connectivity index (χ2n) is 8.59. The molecule has 0 aliphatic carbocycles. The van der Waals surface area contributed by atoms with Crippen LogP contribution in [0.1, 0.15) is 57.5 Å². The monoisotopic (exact) mass is 506 g/mol. The van der Waals surface area contributed by atoms with Gasteiger partial charge < -0.3 is 10.1 Å². The van der Waals surface area contributed by atoms with Crippen LogP contribution in [0.4, 0.5) is 5.00 Å². The number of carbonyl (C=O) groups excluding carboxylic acids is 2. The minimum absolute atomic E-state index is 0.260. The van der Waals surface area contributed by atoms with Gasteiger partial charge in [0.2, 0.25) is 0 Å². The highest BCUT2D eigenvalue weighted by atomic mass is 35.5. The Hall–Kier alpha value is -3.22. The van der Waals surface area contributed by atoms with Crippen LogP contribution in [0.25, 0.3) is 22.2 Å². The van der Waals surface area contributed by atoms with Crippen LogP contribution in [-0.2, 0) is 11.2 Å². The SMILES string of the molecule is CCc1c(C)sc(NC(=O)c2c(C)c(-c3ccc(Cl)cc3)nc3ccccc23)c1C(=O)OC(C)C. The zero-order valence-corrected chi connectivity index (χ0v) is 21.9. The van der Waals surface area contributed by atoms with E-state index in [9.17, 15) is 9.59 Å². The van der Waals surface area contributed by atoms with E-state index < -0.39 is 5.97 Å². The van der Waals surface area contributed by atoms with Crippen LogP contribution in [0.2, 0.25) is 5.02 Å². The number of ether oxygens (including phenoxy) is 1. The Morgan fingerprint density at radius 2 is 1.74 bits per heavy atom. The van der Waals surface area contributed by atoms with Crippen molar-refractivity contribution in [1.82, 2.24) is 4.98 Å². The number of amides is 1. The molecule has 4 aromatic rings. The molecule has 1 amide bonds. The molecule has 0 atom stereocenters. The molecule has 4 rings (SSSR count). The fourth-order valence-corrected chi connectivity index (χ4v) is 5.49. The molecule has 0 unspecified atom stereocenters. The van der Waals surface area contributed by atoms with E-state index in [2.05, 4.69) is 5.32 Å². The predicted octanol–water partition coefficient (Wildman–Crippen LogP) is 7.61. The topological polar surface area (TPSA) is 68.3 Å². The highest BCUT2D eigenvalue weighted by Gasteiger charge is 2.26. The third kappa shape index (κ3) is 4.95. The number of anilines is 1. The summed E-state index contributed by atoms with van der Waals surface area (Å²) in [5.41, 5.74) is 4.89. The van der Waals surface area contributed by atoms with Crippen LogP contribution in [0.5, 0.6) is 0 Å². The molecule has 0 fully saturated rings. The summed E-state index contributed by atoms with van der Waals surface area (Å²) in [4.78, 5) is 32.6. The van der Waals surface area contributed by atoms with E-state index in [4.69, 9.17) is 21.3 Å². The van der Waals surface area contributed by atoms with Crippen molar-refractivity contribution in [2.45, 2.75) is 47.1 Å². The first kappa shape index (κ1) is 24.9. The van der Waals surface area contributed by atoms with Crippen LogP contribution in [0.15, 0.2) is 48.5 Å². The summed E-state index contributed by atoms with van der Waals surface area (Å²) >= 11 is 7.48. The Morgan fingerprint density at radius 3 is 2.40 bits per heavy atom. The van der Waals surface area contributed by atoms with E-state index in [1.165, 1.54) is 11.3 Å². The molecule has 0 bridgehead atoms. The lowest BCUT2D eigenvalue weighted by molar-refractivity contribution is 0.0378. The van der Waals surface area contributed by atoms with Gasteiger partial charge in [0.05, 0.1) is 28.4 Å². The van der Waals surface area contributed by atoms with E-state index in [0.29, 0.717) is 38.8 Å². The maximum Gasteiger partial charge on any atom is 0.341 e. The molecule has 0 radical (unpaired) electrons. The van der Waals surface area contributed by atoms with Gasteiger partial charge in [-0.2, -0.15) is 0 Å². The Bertz CT molecular complexity index is 1420. The highest BCUT2D eigenvalue weighted by Crippen LogP contribution is 2.36. The van der Waals surface area contributed by atoms with Crippen LogP contribution < -0.4 is 5.32 Å². The van der Waals surface area contributed by atoms with Crippen molar-refractivity contribution in [3.63, 3.8) is 0 Å². The Balaban J connectivity index is 1.84. The normalized spacial score (nSPS) is 11.2. The number of nitrogens with one attached hydrogen (secondary N) is 1. The Labute approximate surface area is 214 Å². The molecule has 7 heteroatoms. The van der Waals surface area contributed by atoms with Crippen molar-refractivity contribution in [2.24, 2.45) is 0 Å². The Kier molecular flexibility index (Phi) is 7.24. The molecule has 1 N–H and O–H groups in total. The van der Waals surface area contributed by atoms with Crippen LogP contribution in [0, 0.1) is 13.8 Å². The standard InChI is InChI=1S/C28H27ClN2O3S/c1-6-20-17(5)35-27(24(20)28(33)34-15(2)3)31-26(32)23-16(4)25(18-11-13-19(29)14-12-18)30-22-10-8-7-9-21(22)23/h7-15H,6H2,1-5H3,(H,31,32). The number of esters is 1. The summed E-state index contributed by atoms with van der Waals surface area (Å²) in [7, 11) is 0. The van der Waals surface area contributed by atoms with E-state index in [0.717, 1.165) is 27.0 Å². The zero-order valence-electron chi connectivity index (χ0n) is 20.4. The van der Waals surface area contributed by atoms with Crippen molar-refractivity contribution in [1.29, 1.82) is 0 Å². The summed E-state index contributed by atoms with van der Waals surface area (Å²) in [6.45, 7) is 9.46. The summed E-state index contributed by atoms with van der Waals surface area (Å²) in [6.07, 6.45) is 0.405. The molecule has 0 saturated carbocycles. The second-order valence-corrected chi connectivity index (χ2v) is 10.2. The van der Waals surface area contributed by atoms with E-state index >= 15 is 0 Å². The summed E-state index contributed by atoms with van der Waals surface area (Å²) < 4.78 is 5.50. The maximum atomic E-state index is 13.8. The van der Waals surface area contributed by atoms with Gasteiger partial charge in [-0.25, -0.2) is 9.78 Å². The summed E-state index contributed by atoms with van der Waals surface area (Å²) in [5.74, 6) is -0.714. The summed E-state index contributed by atoms with van der Waals surface area (Å²) in [6, 6.07) is 15.0. The average Bonchev–Trinajstić information content (AvgIpc) is 3.13. The number of hydrogen-bond acceptors (Lipinski definition) is 5. The van der Waals surface area contributed by atoms with Crippen molar-refractivity contribution in [3.05, 3.63) is 80.7 Å². The number of benzene rings is 2. The fourth-order valence-electron chi connectivity index (χ4n) is 4.24. The van der Waals surface area contributed by atoms with E-state index in [1.54, 1.807) is 12.1 Å².